The highest BCUT2D eigenvalue weighted by molar-refractivity contribution is 5.88. The maximum absolute atomic E-state index is 12.1. The summed E-state index contributed by atoms with van der Waals surface area (Å²) in [6.45, 7) is 5.93. The molecule has 0 aromatic heterocycles. The highest BCUT2D eigenvalue weighted by Gasteiger charge is 2.35. The Hall–Kier alpha value is -1.10. The van der Waals surface area contributed by atoms with Crippen LogP contribution in [0, 0.1) is 0 Å². The maximum atomic E-state index is 12.1. The van der Waals surface area contributed by atoms with Crippen LogP contribution in [0.25, 0.3) is 0 Å². The van der Waals surface area contributed by atoms with Gasteiger partial charge in [0.05, 0.1) is 6.54 Å². The molecular weight excluding hydrogens is 206 g/mol. The Morgan fingerprint density at radius 2 is 2.00 bits per heavy atom. The molecule has 1 rings (SSSR count). The standard InChI is InChI=1S/C11H21N3O2/c1-3-13(4-2)11(16)9-6-5-7-14(9)10(15)8-12/h9H,3-8,12H2,1-2H3. The van der Waals surface area contributed by atoms with E-state index in [4.69, 9.17) is 5.73 Å². The van der Waals surface area contributed by atoms with Crippen molar-refractivity contribution in [2.45, 2.75) is 32.7 Å². The van der Waals surface area contributed by atoms with Crippen molar-refractivity contribution in [3.63, 3.8) is 0 Å². The molecule has 1 fully saturated rings. The fraction of sp³-hybridized carbons (Fsp3) is 0.818. The van der Waals surface area contributed by atoms with Crippen molar-refractivity contribution in [3.05, 3.63) is 0 Å². The van der Waals surface area contributed by atoms with Gasteiger partial charge in [-0.3, -0.25) is 9.59 Å². The number of nitrogens with two attached hydrogens (primary N) is 1. The first kappa shape index (κ1) is 13.0. The predicted octanol–water partition coefficient (Wildman–Crippen LogP) is -0.195. The normalized spacial score (nSPS) is 19.9. The molecule has 1 heterocycles. The van der Waals surface area contributed by atoms with E-state index in [1.165, 1.54) is 0 Å². The van der Waals surface area contributed by atoms with Gasteiger partial charge in [-0.1, -0.05) is 0 Å². The highest BCUT2D eigenvalue weighted by Crippen LogP contribution is 2.19. The lowest BCUT2D eigenvalue weighted by molar-refractivity contribution is -0.142. The van der Waals surface area contributed by atoms with Crippen LogP contribution >= 0.6 is 0 Å². The average molecular weight is 227 g/mol. The van der Waals surface area contributed by atoms with Gasteiger partial charge in [-0.25, -0.2) is 0 Å². The Balaban J connectivity index is 2.70. The van der Waals surface area contributed by atoms with E-state index in [9.17, 15) is 9.59 Å². The van der Waals surface area contributed by atoms with Crippen LogP contribution in [-0.4, -0.2) is 53.8 Å². The van der Waals surface area contributed by atoms with Crippen molar-refractivity contribution in [1.29, 1.82) is 0 Å². The van der Waals surface area contributed by atoms with E-state index in [0.29, 0.717) is 19.6 Å². The van der Waals surface area contributed by atoms with Gasteiger partial charge in [0.25, 0.3) is 0 Å². The van der Waals surface area contributed by atoms with Crippen molar-refractivity contribution in [3.8, 4) is 0 Å². The van der Waals surface area contributed by atoms with E-state index in [0.717, 1.165) is 12.8 Å². The number of hydrogen-bond acceptors (Lipinski definition) is 3. The van der Waals surface area contributed by atoms with Crippen molar-refractivity contribution in [1.82, 2.24) is 9.80 Å². The molecule has 2 amide bonds. The van der Waals surface area contributed by atoms with Crippen LogP contribution in [0.1, 0.15) is 26.7 Å². The van der Waals surface area contributed by atoms with E-state index < -0.39 is 0 Å². The molecule has 2 N–H and O–H groups in total. The monoisotopic (exact) mass is 227 g/mol. The molecule has 0 saturated carbocycles. The van der Waals surface area contributed by atoms with E-state index in [2.05, 4.69) is 0 Å². The first-order chi connectivity index (χ1) is 7.65. The van der Waals surface area contributed by atoms with Crippen LogP contribution in [0.2, 0.25) is 0 Å². The number of carbonyl (C=O) groups excluding carboxylic acids is 2. The lowest BCUT2D eigenvalue weighted by Gasteiger charge is -2.28. The molecular formula is C11H21N3O2. The van der Waals surface area contributed by atoms with Crippen molar-refractivity contribution in [2.75, 3.05) is 26.2 Å². The number of nitrogens with zero attached hydrogens (tertiary/aromatic N) is 2. The fourth-order valence-corrected chi connectivity index (χ4v) is 2.19. The van der Waals surface area contributed by atoms with Gasteiger partial charge in [0, 0.05) is 19.6 Å². The second-order valence-corrected chi connectivity index (χ2v) is 3.96. The van der Waals surface area contributed by atoms with Gasteiger partial charge >= 0.3 is 0 Å². The Morgan fingerprint density at radius 1 is 1.38 bits per heavy atom. The third-order valence-electron chi connectivity index (χ3n) is 3.11. The van der Waals surface area contributed by atoms with E-state index in [1.54, 1.807) is 9.80 Å². The first-order valence-corrected chi connectivity index (χ1v) is 5.94. The van der Waals surface area contributed by atoms with E-state index in [-0.39, 0.29) is 24.4 Å². The minimum atomic E-state index is -0.282. The van der Waals surface area contributed by atoms with Crippen LogP contribution in [0.4, 0.5) is 0 Å². The SMILES string of the molecule is CCN(CC)C(=O)C1CCCN1C(=O)CN. The van der Waals surface area contributed by atoms with Crippen molar-refractivity contribution >= 4 is 11.8 Å². The summed E-state index contributed by atoms with van der Waals surface area (Å²) in [5.41, 5.74) is 5.34. The molecule has 5 heteroatoms. The van der Waals surface area contributed by atoms with Gasteiger partial charge in [-0.15, -0.1) is 0 Å². The van der Waals surface area contributed by atoms with Crippen LogP contribution in [-0.2, 0) is 9.59 Å². The molecule has 1 atom stereocenters. The van der Waals surface area contributed by atoms with Crippen LogP contribution in [0.5, 0.6) is 0 Å². The molecule has 0 aromatic rings. The zero-order valence-electron chi connectivity index (χ0n) is 10.1. The topological polar surface area (TPSA) is 66.6 Å². The third kappa shape index (κ3) is 2.52. The summed E-state index contributed by atoms with van der Waals surface area (Å²) >= 11 is 0. The number of hydrogen-bond donors (Lipinski definition) is 1. The van der Waals surface area contributed by atoms with Crippen LogP contribution < -0.4 is 5.73 Å². The summed E-state index contributed by atoms with van der Waals surface area (Å²) < 4.78 is 0. The number of likely N-dealkylation sites (tertiary alicyclic amines) is 1. The fourth-order valence-electron chi connectivity index (χ4n) is 2.19. The molecule has 1 aliphatic heterocycles. The highest BCUT2D eigenvalue weighted by atomic mass is 16.2. The van der Waals surface area contributed by atoms with Gasteiger partial charge in [-0.05, 0) is 26.7 Å². The zero-order chi connectivity index (χ0) is 12.1. The summed E-state index contributed by atoms with van der Waals surface area (Å²) in [5.74, 6) is -0.0627. The summed E-state index contributed by atoms with van der Waals surface area (Å²) in [5, 5.41) is 0. The first-order valence-electron chi connectivity index (χ1n) is 5.94. The summed E-state index contributed by atoms with van der Waals surface area (Å²) in [7, 11) is 0. The molecule has 0 bridgehead atoms. The smallest absolute Gasteiger partial charge is 0.245 e. The van der Waals surface area contributed by atoms with E-state index >= 15 is 0 Å². The summed E-state index contributed by atoms with van der Waals surface area (Å²) in [4.78, 5) is 27.1. The number of rotatable bonds is 4. The van der Waals surface area contributed by atoms with Gasteiger partial charge in [-0.2, -0.15) is 0 Å². The molecule has 0 aromatic carbocycles. The molecule has 0 spiro atoms. The summed E-state index contributed by atoms with van der Waals surface area (Å²) in [6.07, 6.45) is 1.66. The third-order valence-corrected chi connectivity index (χ3v) is 3.11. The quantitative estimate of drug-likeness (QED) is 0.723. The maximum Gasteiger partial charge on any atom is 0.245 e. The van der Waals surface area contributed by atoms with Crippen molar-refractivity contribution < 1.29 is 9.59 Å². The zero-order valence-corrected chi connectivity index (χ0v) is 10.1. The Morgan fingerprint density at radius 3 is 2.50 bits per heavy atom. The Bertz CT molecular complexity index is 264. The lowest BCUT2D eigenvalue weighted by atomic mass is 10.2. The molecule has 5 nitrogen and oxygen atoms in total. The molecule has 1 unspecified atom stereocenters. The van der Waals surface area contributed by atoms with Gasteiger partial charge in [0.2, 0.25) is 11.8 Å². The van der Waals surface area contributed by atoms with E-state index in [1.807, 2.05) is 13.8 Å². The molecule has 92 valence electrons. The summed E-state index contributed by atoms with van der Waals surface area (Å²) in [6, 6.07) is -0.282. The van der Waals surface area contributed by atoms with Gasteiger partial charge < -0.3 is 15.5 Å². The Labute approximate surface area is 96.6 Å². The van der Waals surface area contributed by atoms with Gasteiger partial charge in [0.1, 0.15) is 6.04 Å². The number of amides is 2. The number of carbonyl (C=O) groups is 2. The molecule has 1 aliphatic rings. The second-order valence-electron chi connectivity index (χ2n) is 3.96. The molecule has 1 saturated heterocycles. The Kier molecular flexibility index (Phi) is 4.73. The lowest BCUT2D eigenvalue weighted by Crippen LogP contribution is -2.49. The van der Waals surface area contributed by atoms with Crippen LogP contribution in [0.15, 0.2) is 0 Å². The van der Waals surface area contributed by atoms with Gasteiger partial charge in [0.15, 0.2) is 0 Å². The number of likely N-dealkylation sites (N-methyl/N-ethyl adjacent to an activating group) is 1. The van der Waals surface area contributed by atoms with Crippen molar-refractivity contribution in [2.24, 2.45) is 5.73 Å². The minimum Gasteiger partial charge on any atom is -0.341 e. The molecule has 16 heavy (non-hydrogen) atoms. The second kappa shape index (κ2) is 5.84. The molecule has 0 radical (unpaired) electrons. The predicted molar refractivity (Wildman–Crippen MR) is 61.7 cm³/mol. The molecule has 0 aliphatic carbocycles. The minimum absolute atomic E-state index is 0.0119. The largest absolute Gasteiger partial charge is 0.341 e. The average Bonchev–Trinajstić information content (AvgIpc) is 2.78. The van der Waals surface area contributed by atoms with Crippen LogP contribution in [0.3, 0.4) is 0 Å².